The number of benzene rings is 2. The highest BCUT2D eigenvalue weighted by atomic mass is 35.5. The number of carbonyl (C=O) groups is 1. The summed E-state index contributed by atoms with van der Waals surface area (Å²) >= 11 is 6.10. The quantitative estimate of drug-likeness (QED) is 0.787. The molecule has 0 bridgehead atoms. The Balaban J connectivity index is 0.000000891. The molecule has 2 aromatic carbocycles. The lowest BCUT2D eigenvalue weighted by atomic mass is 10.1. The lowest BCUT2D eigenvalue weighted by Crippen LogP contribution is -2.07. The van der Waals surface area contributed by atoms with E-state index in [9.17, 15) is 4.39 Å². The maximum Gasteiger partial charge on any atom is 0.290 e. The number of aryl methyl sites for hydroxylation is 1. The van der Waals surface area contributed by atoms with Gasteiger partial charge in [-0.2, -0.15) is 0 Å². The van der Waals surface area contributed by atoms with Gasteiger partial charge in [0.25, 0.3) is 6.47 Å². The average molecular weight is 354 g/mol. The standard InChI is InChI=1S/C17H19ClFNO.CH2O2/c1-10-7-17(13(9-20-4)8-15(10)19)21-16-6-5-14(18)11(2)12(16)3;2-1-3/h5-8,20H,9H2,1-4H3;1H,(H,2,3). The number of carboxylic acid groups (broad SMARTS) is 1. The Hall–Kier alpha value is -2.11. The van der Waals surface area contributed by atoms with Crippen LogP contribution in [-0.4, -0.2) is 18.6 Å². The molecule has 0 atom stereocenters. The summed E-state index contributed by atoms with van der Waals surface area (Å²) < 4.78 is 19.7. The first kappa shape index (κ1) is 19.9. The van der Waals surface area contributed by atoms with Crippen LogP contribution in [0.5, 0.6) is 11.5 Å². The SMILES string of the molecule is CNCc1cc(F)c(C)cc1Oc1ccc(Cl)c(C)c1C.O=CO. The predicted octanol–water partition coefficient (Wildman–Crippen LogP) is 4.62. The van der Waals surface area contributed by atoms with Crippen molar-refractivity contribution in [1.82, 2.24) is 5.32 Å². The second kappa shape index (κ2) is 9.25. The van der Waals surface area contributed by atoms with Crippen molar-refractivity contribution in [2.45, 2.75) is 27.3 Å². The molecule has 0 aliphatic heterocycles. The second-order valence-corrected chi connectivity index (χ2v) is 5.65. The van der Waals surface area contributed by atoms with Crippen molar-refractivity contribution in [2.24, 2.45) is 0 Å². The molecule has 0 aliphatic rings. The highest BCUT2D eigenvalue weighted by molar-refractivity contribution is 6.31. The summed E-state index contributed by atoms with van der Waals surface area (Å²) in [5.41, 5.74) is 3.32. The highest BCUT2D eigenvalue weighted by Gasteiger charge is 2.12. The van der Waals surface area contributed by atoms with E-state index in [4.69, 9.17) is 26.2 Å². The summed E-state index contributed by atoms with van der Waals surface area (Å²) in [7, 11) is 1.82. The van der Waals surface area contributed by atoms with E-state index in [0.717, 1.165) is 22.4 Å². The molecule has 0 saturated carbocycles. The summed E-state index contributed by atoms with van der Waals surface area (Å²) in [6, 6.07) is 6.89. The first-order valence-electron chi connectivity index (χ1n) is 7.30. The molecule has 0 spiro atoms. The molecule has 2 aromatic rings. The molecular weight excluding hydrogens is 333 g/mol. The van der Waals surface area contributed by atoms with Gasteiger partial charge in [-0.05, 0) is 68.8 Å². The van der Waals surface area contributed by atoms with Crippen LogP contribution < -0.4 is 10.1 Å². The van der Waals surface area contributed by atoms with Gasteiger partial charge in [0.2, 0.25) is 0 Å². The summed E-state index contributed by atoms with van der Waals surface area (Å²) in [5.74, 6) is 1.17. The van der Waals surface area contributed by atoms with Gasteiger partial charge in [0, 0.05) is 17.1 Å². The van der Waals surface area contributed by atoms with E-state index < -0.39 is 0 Å². The molecule has 0 saturated heterocycles. The topological polar surface area (TPSA) is 58.6 Å². The fourth-order valence-electron chi connectivity index (χ4n) is 2.11. The number of ether oxygens (including phenoxy) is 1. The van der Waals surface area contributed by atoms with Gasteiger partial charge in [-0.25, -0.2) is 4.39 Å². The maximum atomic E-state index is 13.7. The first-order valence-corrected chi connectivity index (χ1v) is 7.68. The van der Waals surface area contributed by atoms with Crippen molar-refractivity contribution in [1.29, 1.82) is 0 Å². The van der Waals surface area contributed by atoms with Gasteiger partial charge >= 0.3 is 0 Å². The lowest BCUT2D eigenvalue weighted by Gasteiger charge is -2.15. The van der Waals surface area contributed by atoms with Gasteiger partial charge in [0.1, 0.15) is 17.3 Å². The van der Waals surface area contributed by atoms with Crippen molar-refractivity contribution in [3.63, 3.8) is 0 Å². The van der Waals surface area contributed by atoms with Crippen molar-refractivity contribution >= 4 is 18.1 Å². The molecule has 0 radical (unpaired) electrons. The minimum atomic E-state index is -0.250. The third-order valence-electron chi connectivity index (χ3n) is 3.60. The summed E-state index contributed by atoms with van der Waals surface area (Å²) in [6.07, 6.45) is 0. The van der Waals surface area contributed by atoms with Crippen molar-refractivity contribution < 1.29 is 19.0 Å². The fourth-order valence-corrected chi connectivity index (χ4v) is 2.32. The molecule has 4 nitrogen and oxygen atoms in total. The van der Waals surface area contributed by atoms with Crippen molar-refractivity contribution in [3.8, 4) is 11.5 Å². The molecule has 2 N–H and O–H groups in total. The zero-order valence-electron chi connectivity index (χ0n) is 14.1. The molecule has 0 heterocycles. The van der Waals surface area contributed by atoms with Gasteiger partial charge in [-0.3, -0.25) is 4.79 Å². The molecular formula is C18H21ClFNO3. The average Bonchev–Trinajstić information content (AvgIpc) is 2.53. The summed E-state index contributed by atoms with van der Waals surface area (Å²) in [4.78, 5) is 8.36. The normalized spacial score (nSPS) is 9.92. The number of nitrogens with one attached hydrogen (secondary N) is 1. The number of hydrogen-bond acceptors (Lipinski definition) is 3. The zero-order valence-corrected chi connectivity index (χ0v) is 14.9. The largest absolute Gasteiger partial charge is 0.483 e. The smallest absolute Gasteiger partial charge is 0.290 e. The molecule has 2 rings (SSSR count). The Labute approximate surface area is 146 Å². The predicted molar refractivity (Wildman–Crippen MR) is 93.6 cm³/mol. The van der Waals surface area contributed by atoms with Gasteiger partial charge < -0.3 is 15.2 Å². The summed E-state index contributed by atoms with van der Waals surface area (Å²) in [5, 5.41) is 10.6. The van der Waals surface area contributed by atoms with Gasteiger partial charge in [0.15, 0.2) is 0 Å². The minimum absolute atomic E-state index is 0.225. The van der Waals surface area contributed by atoms with E-state index in [2.05, 4.69) is 5.32 Å². The van der Waals surface area contributed by atoms with Crippen LogP contribution in [0.3, 0.4) is 0 Å². The molecule has 130 valence electrons. The monoisotopic (exact) mass is 353 g/mol. The van der Waals surface area contributed by atoms with Crippen LogP contribution in [0.1, 0.15) is 22.3 Å². The molecule has 0 aromatic heterocycles. The Morgan fingerprint density at radius 3 is 2.42 bits per heavy atom. The van der Waals surface area contributed by atoms with Gasteiger partial charge in [-0.1, -0.05) is 11.6 Å². The van der Waals surface area contributed by atoms with E-state index in [-0.39, 0.29) is 12.3 Å². The Kier molecular flexibility index (Phi) is 7.68. The molecule has 0 unspecified atom stereocenters. The third kappa shape index (κ3) is 4.94. The fraction of sp³-hybridized carbons (Fsp3) is 0.278. The van der Waals surface area contributed by atoms with Crippen LogP contribution in [0.4, 0.5) is 4.39 Å². The van der Waals surface area contributed by atoms with Crippen LogP contribution in [0.15, 0.2) is 24.3 Å². The van der Waals surface area contributed by atoms with Crippen LogP contribution in [0.25, 0.3) is 0 Å². The Morgan fingerprint density at radius 2 is 1.83 bits per heavy atom. The van der Waals surface area contributed by atoms with E-state index in [1.165, 1.54) is 6.07 Å². The second-order valence-electron chi connectivity index (χ2n) is 5.24. The molecule has 0 amide bonds. The minimum Gasteiger partial charge on any atom is -0.483 e. The molecule has 0 fully saturated rings. The first-order chi connectivity index (χ1) is 11.3. The molecule has 24 heavy (non-hydrogen) atoms. The lowest BCUT2D eigenvalue weighted by molar-refractivity contribution is -0.122. The maximum absolute atomic E-state index is 13.7. The van der Waals surface area contributed by atoms with Crippen molar-refractivity contribution in [3.05, 3.63) is 57.4 Å². The van der Waals surface area contributed by atoms with E-state index in [0.29, 0.717) is 22.9 Å². The number of halogens is 2. The van der Waals surface area contributed by atoms with Gasteiger partial charge in [0.05, 0.1) is 0 Å². The van der Waals surface area contributed by atoms with E-state index in [1.54, 1.807) is 13.0 Å². The zero-order chi connectivity index (χ0) is 18.3. The van der Waals surface area contributed by atoms with Crippen LogP contribution >= 0.6 is 11.6 Å². The third-order valence-corrected chi connectivity index (χ3v) is 4.01. The Bertz CT molecular complexity index is 720. The van der Waals surface area contributed by atoms with Gasteiger partial charge in [-0.15, -0.1) is 0 Å². The molecule has 0 aliphatic carbocycles. The molecule has 6 heteroatoms. The highest BCUT2D eigenvalue weighted by Crippen LogP contribution is 2.33. The van der Waals surface area contributed by atoms with Crippen molar-refractivity contribution in [2.75, 3.05) is 7.05 Å². The van der Waals surface area contributed by atoms with Crippen LogP contribution in [0.2, 0.25) is 5.02 Å². The number of rotatable bonds is 4. The van der Waals surface area contributed by atoms with E-state index in [1.807, 2.05) is 33.0 Å². The van der Waals surface area contributed by atoms with Crippen LogP contribution in [-0.2, 0) is 11.3 Å². The van der Waals surface area contributed by atoms with Crippen LogP contribution in [0, 0.1) is 26.6 Å². The number of hydrogen-bond donors (Lipinski definition) is 2. The Morgan fingerprint density at radius 1 is 1.21 bits per heavy atom. The van der Waals surface area contributed by atoms with E-state index >= 15 is 0 Å². The summed E-state index contributed by atoms with van der Waals surface area (Å²) in [6.45, 7) is 5.93.